The second kappa shape index (κ2) is 9.16. The number of hydrogen-bond donors (Lipinski definition) is 2. The van der Waals surface area contributed by atoms with Gasteiger partial charge in [0.15, 0.2) is 11.7 Å². The lowest BCUT2D eigenvalue weighted by molar-refractivity contribution is -0.152. The Morgan fingerprint density at radius 3 is 2.47 bits per heavy atom. The van der Waals surface area contributed by atoms with Gasteiger partial charge in [-0.15, -0.1) is 4.40 Å². The van der Waals surface area contributed by atoms with Crippen LogP contribution < -0.4 is 10.0 Å². The van der Waals surface area contributed by atoms with E-state index in [1.807, 2.05) is 0 Å². The Bertz CT molecular complexity index is 1570. The van der Waals surface area contributed by atoms with Crippen LogP contribution in [0, 0.1) is 23.1 Å². The fourth-order valence-corrected chi connectivity index (χ4v) is 6.85. The molecular formula is C25H27FN4O6S2. The third kappa shape index (κ3) is 5.30. The lowest BCUT2D eigenvalue weighted by Gasteiger charge is -2.43. The number of fused-ring (bicyclic) bond motifs is 1. The highest BCUT2D eigenvalue weighted by atomic mass is 32.2. The van der Waals surface area contributed by atoms with E-state index in [0.29, 0.717) is 17.9 Å². The molecule has 2 unspecified atom stereocenters. The molecule has 38 heavy (non-hydrogen) atoms. The minimum atomic E-state index is -4.37. The number of anilines is 2. The lowest BCUT2D eigenvalue weighted by Crippen LogP contribution is -2.59. The normalized spacial score (nSPS) is 24.9. The number of nitrogens with zero attached hydrogens (tertiary/aromatic N) is 2. The number of rotatable bonds is 7. The molecule has 202 valence electrons. The number of nitrogens with one attached hydrogen (secondary N) is 2. The van der Waals surface area contributed by atoms with E-state index in [2.05, 4.69) is 14.4 Å². The van der Waals surface area contributed by atoms with Gasteiger partial charge in [0.1, 0.15) is 16.5 Å². The molecule has 2 N–H and O–H groups in total. The number of Topliss-reactive ketones (excluding diaryl/α,β-unsaturated/α-hetero) is 1. The van der Waals surface area contributed by atoms with Crippen LogP contribution in [0.4, 0.5) is 15.8 Å². The van der Waals surface area contributed by atoms with Crippen molar-refractivity contribution >= 4 is 48.9 Å². The van der Waals surface area contributed by atoms with Gasteiger partial charge in [0.05, 0.1) is 11.9 Å². The predicted octanol–water partition coefficient (Wildman–Crippen LogP) is 2.74. The Balaban J connectivity index is 1.51. The van der Waals surface area contributed by atoms with Crippen molar-refractivity contribution in [2.45, 2.75) is 37.6 Å². The SMILES string of the molecule is CC1(CC2CC2)CN(Cc2ccc(F)cc2)C(=O)C(C2=NS(=O)(=O)c3cc(NS(C)(=O)=O)ccc3N2)C1=O. The first-order chi connectivity index (χ1) is 17.7. The molecule has 0 bridgehead atoms. The molecule has 1 saturated heterocycles. The second-order valence-electron chi connectivity index (χ2n) is 10.5. The molecule has 2 aliphatic heterocycles. The molecule has 2 aromatic rings. The van der Waals surface area contributed by atoms with E-state index in [9.17, 15) is 30.8 Å². The first-order valence-electron chi connectivity index (χ1n) is 12.1. The highest BCUT2D eigenvalue weighted by Gasteiger charge is 2.53. The largest absolute Gasteiger partial charge is 0.341 e. The number of benzene rings is 2. The van der Waals surface area contributed by atoms with E-state index in [1.165, 1.54) is 29.2 Å². The standard InChI is InChI=1S/C25H27FN4O6S2/c1-25(12-15-3-4-15)14-30(13-16-5-7-17(26)8-6-16)24(32)21(22(25)31)23-27-19-10-9-18(28-37(2,33)34)11-20(19)38(35,36)29-23/h5-11,15,21,28H,3-4,12-14H2,1-2H3,(H,27,29). The van der Waals surface area contributed by atoms with Crippen molar-refractivity contribution in [3.63, 3.8) is 0 Å². The summed E-state index contributed by atoms with van der Waals surface area (Å²) in [6.45, 7) is 2.08. The predicted molar refractivity (Wildman–Crippen MR) is 139 cm³/mol. The summed E-state index contributed by atoms with van der Waals surface area (Å²) < 4.78 is 68.9. The van der Waals surface area contributed by atoms with Crippen molar-refractivity contribution in [1.29, 1.82) is 0 Å². The van der Waals surface area contributed by atoms with Crippen molar-refractivity contribution in [3.05, 3.63) is 53.8 Å². The van der Waals surface area contributed by atoms with Gasteiger partial charge in [-0.25, -0.2) is 12.8 Å². The first kappa shape index (κ1) is 26.3. The highest BCUT2D eigenvalue weighted by Crippen LogP contribution is 2.45. The summed E-state index contributed by atoms with van der Waals surface area (Å²) in [5.41, 5.74) is -0.141. The quantitative estimate of drug-likeness (QED) is 0.494. The number of halogens is 1. The van der Waals surface area contributed by atoms with Crippen molar-refractivity contribution in [2.24, 2.45) is 21.6 Å². The fourth-order valence-electron chi connectivity index (χ4n) is 5.11. The molecule has 0 radical (unpaired) electrons. The topological polar surface area (TPSA) is 142 Å². The number of ketones is 1. The molecule has 2 fully saturated rings. The smallest absolute Gasteiger partial charge is 0.286 e. The Kier molecular flexibility index (Phi) is 6.33. The molecule has 1 aliphatic carbocycles. The Morgan fingerprint density at radius 2 is 1.84 bits per heavy atom. The summed E-state index contributed by atoms with van der Waals surface area (Å²) in [6.07, 6.45) is 3.48. The number of piperidine rings is 1. The molecule has 1 amide bonds. The fraction of sp³-hybridized carbons (Fsp3) is 0.400. The third-order valence-electron chi connectivity index (χ3n) is 7.00. The summed E-state index contributed by atoms with van der Waals surface area (Å²) in [4.78, 5) is 28.7. The molecule has 1 saturated carbocycles. The molecule has 2 atom stereocenters. The van der Waals surface area contributed by atoms with Gasteiger partial charge < -0.3 is 10.2 Å². The van der Waals surface area contributed by atoms with Crippen molar-refractivity contribution in [1.82, 2.24) is 4.90 Å². The summed E-state index contributed by atoms with van der Waals surface area (Å²) in [5.74, 6) is -2.80. The maximum atomic E-state index is 13.8. The minimum absolute atomic E-state index is 0.0302. The Hall–Kier alpha value is -3.32. The molecule has 5 rings (SSSR count). The van der Waals surface area contributed by atoms with Gasteiger partial charge in [0.25, 0.3) is 10.0 Å². The summed E-state index contributed by atoms with van der Waals surface area (Å²) in [6, 6.07) is 9.55. The van der Waals surface area contributed by atoms with Crippen LogP contribution in [0.1, 0.15) is 31.7 Å². The van der Waals surface area contributed by atoms with E-state index < -0.39 is 48.9 Å². The van der Waals surface area contributed by atoms with Crippen LogP contribution in [0.5, 0.6) is 0 Å². The molecule has 13 heteroatoms. The Labute approximate surface area is 220 Å². The molecular weight excluding hydrogens is 535 g/mol. The van der Waals surface area contributed by atoms with Gasteiger partial charge in [-0.2, -0.15) is 8.42 Å². The maximum Gasteiger partial charge on any atom is 0.286 e. The average molecular weight is 563 g/mol. The van der Waals surface area contributed by atoms with Gasteiger partial charge in [-0.3, -0.25) is 14.3 Å². The summed E-state index contributed by atoms with van der Waals surface area (Å²) >= 11 is 0. The van der Waals surface area contributed by atoms with E-state index in [1.54, 1.807) is 19.1 Å². The maximum absolute atomic E-state index is 13.8. The van der Waals surface area contributed by atoms with Crippen LogP contribution in [0.2, 0.25) is 0 Å². The van der Waals surface area contributed by atoms with Gasteiger partial charge in [-0.1, -0.05) is 31.9 Å². The van der Waals surface area contributed by atoms with Crippen molar-refractivity contribution < 1.29 is 30.8 Å². The third-order valence-corrected chi connectivity index (χ3v) is 8.93. The van der Waals surface area contributed by atoms with Crippen LogP contribution >= 0.6 is 0 Å². The number of amidine groups is 1. The van der Waals surface area contributed by atoms with Gasteiger partial charge in [0, 0.05) is 24.2 Å². The van der Waals surface area contributed by atoms with E-state index in [-0.39, 0.29) is 35.2 Å². The van der Waals surface area contributed by atoms with Crippen LogP contribution in [0.15, 0.2) is 51.8 Å². The molecule has 2 heterocycles. The zero-order chi connectivity index (χ0) is 27.5. The van der Waals surface area contributed by atoms with Crippen molar-refractivity contribution in [3.8, 4) is 0 Å². The Morgan fingerprint density at radius 1 is 1.16 bits per heavy atom. The lowest BCUT2D eigenvalue weighted by atomic mass is 9.71. The van der Waals surface area contributed by atoms with Crippen LogP contribution in [0.25, 0.3) is 0 Å². The monoisotopic (exact) mass is 562 g/mol. The number of amides is 1. The number of carbonyl (C=O) groups is 2. The number of hydrogen-bond acceptors (Lipinski definition) is 7. The zero-order valence-electron chi connectivity index (χ0n) is 20.8. The van der Waals surface area contributed by atoms with Crippen LogP contribution in [-0.4, -0.2) is 52.1 Å². The number of carbonyl (C=O) groups excluding carboxylic acids is 2. The molecule has 0 aromatic heterocycles. The molecule has 2 aromatic carbocycles. The first-order valence-corrected chi connectivity index (χ1v) is 15.4. The molecule has 3 aliphatic rings. The zero-order valence-corrected chi connectivity index (χ0v) is 22.4. The average Bonchev–Trinajstić information content (AvgIpc) is 3.62. The van der Waals surface area contributed by atoms with Crippen LogP contribution in [-0.2, 0) is 36.2 Å². The number of likely N-dealkylation sites (tertiary alicyclic amines) is 1. The highest BCUT2D eigenvalue weighted by molar-refractivity contribution is 7.92. The van der Waals surface area contributed by atoms with Gasteiger partial charge in [-0.05, 0) is 48.2 Å². The van der Waals surface area contributed by atoms with Gasteiger partial charge in [0.2, 0.25) is 15.9 Å². The minimum Gasteiger partial charge on any atom is -0.341 e. The summed E-state index contributed by atoms with van der Waals surface area (Å²) in [7, 11) is -8.02. The van der Waals surface area contributed by atoms with Crippen LogP contribution in [0.3, 0.4) is 0 Å². The van der Waals surface area contributed by atoms with Crippen molar-refractivity contribution in [2.75, 3.05) is 22.8 Å². The van der Waals surface area contributed by atoms with E-state index >= 15 is 0 Å². The van der Waals surface area contributed by atoms with E-state index in [4.69, 9.17) is 0 Å². The summed E-state index contributed by atoms with van der Waals surface area (Å²) in [5, 5.41) is 2.85. The molecule has 10 nitrogen and oxygen atoms in total. The molecule has 0 spiro atoms. The van der Waals surface area contributed by atoms with E-state index in [0.717, 1.165) is 25.2 Å². The number of sulfonamides is 2. The van der Waals surface area contributed by atoms with Gasteiger partial charge >= 0.3 is 0 Å². The second-order valence-corrected chi connectivity index (χ2v) is 13.8.